The summed E-state index contributed by atoms with van der Waals surface area (Å²) in [5.74, 6) is -1.03. The first kappa shape index (κ1) is 25.8. The molecule has 3 aromatic rings. The average molecular weight is 552 g/mol. The molecule has 184 valence electrons. The SMILES string of the molecule is CCCCC(C(=O)O)N1C(S)N/C(=C/c2cn(-c3ccccc3)nc2-c2ccc(Cl)cc2Cl)S1=O. The first-order chi connectivity index (χ1) is 16.8. The predicted molar refractivity (Wildman–Crippen MR) is 144 cm³/mol. The van der Waals surface area contributed by atoms with Gasteiger partial charge in [0.2, 0.25) is 0 Å². The highest BCUT2D eigenvalue weighted by Gasteiger charge is 2.41. The van der Waals surface area contributed by atoms with E-state index in [2.05, 4.69) is 17.9 Å². The Balaban J connectivity index is 1.77. The maximum atomic E-state index is 13.4. The van der Waals surface area contributed by atoms with Crippen LogP contribution in [-0.2, 0) is 15.8 Å². The quantitative estimate of drug-likeness (QED) is 0.319. The second-order valence-corrected chi connectivity index (χ2v) is 10.7. The lowest BCUT2D eigenvalue weighted by Gasteiger charge is -2.24. The van der Waals surface area contributed by atoms with Gasteiger partial charge in [0.15, 0.2) is 0 Å². The van der Waals surface area contributed by atoms with Gasteiger partial charge < -0.3 is 10.4 Å². The Hall–Kier alpha value is -2.30. The number of carboxylic acid groups (broad SMARTS) is 1. The molecular formula is C24H24Cl2N4O3S2. The van der Waals surface area contributed by atoms with Crippen molar-refractivity contribution in [3.05, 3.63) is 75.4 Å². The van der Waals surface area contributed by atoms with Crippen LogP contribution in [-0.4, -0.2) is 40.9 Å². The summed E-state index contributed by atoms with van der Waals surface area (Å²) >= 11 is 17.1. The third kappa shape index (κ3) is 5.59. The molecule has 0 amide bonds. The van der Waals surface area contributed by atoms with E-state index in [0.29, 0.717) is 44.7 Å². The van der Waals surface area contributed by atoms with Crippen LogP contribution in [0.25, 0.3) is 23.0 Å². The zero-order valence-electron chi connectivity index (χ0n) is 18.8. The van der Waals surface area contributed by atoms with Crippen molar-refractivity contribution in [1.82, 2.24) is 19.4 Å². The van der Waals surface area contributed by atoms with Crippen LogP contribution in [0, 0.1) is 0 Å². The van der Waals surface area contributed by atoms with Gasteiger partial charge >= 0.3 is 5.97 Å². The van der Waals surface area contributed by atoms with Crippen LogP contribution in [0.1, 0.15) is 31.7 Å². The smallest absolute Gasteiger partial charge is 0.322 e. The highest BCUT2D eigenvalue weighted by atomic mass is 35.5. The highest BCUT2D eigenvalue weighted by Crippen LogP contribution is 2.34. The topological polar surface area (TPSA) is 87.5 Å². The Morgan fingerprint density at radius 1 is 1.29 bits per heavy atom. The molecule has 4 rings (SSSR count). The zero-order valence-corrected chi connectivity index (χ0v) is 22.0. The van der Waals surface area contributed by atoms with E-state index in [-0.39, 0.29) is 0 Å². The number of carbonyl (C=O) groups is 1. The van der Waals surface area contributed by atoms with Crippen LogP contribution in [0.4, 0.5) is 0 Å². The number of nitrogens with zero attached hydrogens (tertiary/aromatic N) is 3. The predicted octanol–water partition coefficient (Wildman–Crippen LogP) is 5.57. The van der Waals surface area contributed by atoms with Gasteiger partial charge in [-0.1, -0.05) is 61.2 Å². The molecule has 7 nitrogen and oxygen atoms in total. The van der Waals surface area contributed by atoms with Crippen molar-refractivity contribution in [1.29, 1.82) is 0 Å². The molecule has 1 saturated heterocycles. The summed E-state index contributed by atoms with van der Waals surface area (Å²) in [6.45, 7) is 1.98. The van der Waals surface area contributed by atoms with Crippen molar-refractivity contribution in [3.63, 3.8) is 0 Å². The molecule has 1 aromatic heterocycles. The number of rotatable bonds is 8. The van der Waals surface area contributed by atoms with E-state index in [4.69, 9.17) is 28.3 Å². The Morgan fingerprint density at radius 2 is 2.03 bits per heavy atom. The second-order valence-electron chi connectivity index (χ2n) is 7.97. The minimum Gasteiger partial charge on any atom is -0.480 e. The number of hydrogen-bond donors (Lipinski definition) is 3. The average Bonchev–Trinajstić information content (AvgIpc) is 3.36. The van der Waals surface area contributed by atoms with Crippen molar-refractivity contribution >= 4 is 58.9 Å². The van der Waals surface area contributed by atoms with Crippen molar-refractivity contribution in [3.8, 4) is 16.9 Å². The lowest BCUT2D eigenvalue weighted by atomic mass is 10.1. The molecule has 2 heterocycles. The van der Waals surface area contributed by atoms with Gasteiger partial charge in [-0.2, -0.15) is 9.40 Å². The van der Waals surface area contributed by atoms with Gasteiger partial charge in [0, 0.05) is 22.3 Å². The van der Waals surface area contributed by atoms with E-state index < -0.39 is 28.5 Å². The number of carboxylic acids is 1. The van der Waals surface area contributed by atoms with Gasteiger partial charge in [-0.05, 0) is 42.8 Å². The van der Waals surface area contributed by atoms with Crippen molar-refractivity contribution < 1.29 is 14.1 Å². The zero-order chi connectivity index (χ0) is 25.1. The van der Waals surface area contributed by atoms with Gasteiger partial charge in [-0.15, -0.1) is 12.6 Å². The molecule has 0 bridgehead atoms. The molecule has 3 atom stereocenters. The van der Waals surface area contributed by atoms with Gasteiger partial charge in [-0.3, -0.25) is 4.79 Å². The number of aromatic nitrogens is 2. The number of thiol groups is 1. The summed E-state index contributed by atoms with van der Waals surface area (Å²) in [5.41, 5.74) is 2.00. The van der Waals surface area contributed by atoms with E-state index in [0.717, 1.165) is 12.1 Å². The van der Waals surface area contributed by atoms with Gasteiger partial charge in [0.1, 0.15) is 33.2 Å². The molecule has 0 spiro atoms. The minimum absolute atomic E-state index is 0.340. The van der Waals surface area contributed by atoms with E-state index >= 15 is 0 Å². The summed E-state index contributed by atoms with van der Waals surface area (Å²) in [4.78, 5) is 11.9. The molecular weight excluding hydrogens is 527 g/mol. The maximum Gasteiger partial charge on any atom is 0.322 e. The lowest BCUT2D eigenvalue weighted by Crippen LogP contribution is -2.44. The number of para-hydroxylation sites is 1. The molecule has 0 saturated carbocycles. The Bertz CT molecular complexity index is 1280. The fourth-order valence-corrected chi connectivity index (χ4v) is 6.29. The molecule has 1 fully saturated rings. The molecule has 3 unspecified atom stereocenters. The monoisotopic (exact) mass is 550 g/mol. The fourth-order valence-electron chi connectivity index (χ4n) is 3.82. The first-order valence-electron chi connectivity index (χ1n) is 11.0. The van der Waals surface area contributed by atoms with Crippen LogP contribution >= 0.6 is 35.8 Å². The number of hydrogen-bond acceptors (Lipinski definition) is 5. The van der Waals surface area contributed by atoms with E-state index in [1.807, 2.05) is 43.5 Å². The first-order valence-corrected chi connectivity index (χ1v) is 13.4. The van der Waals surface area contributed by atoms with Crippen LogP contribution < -0.4 is 5.32 Å². The van der Waals surface area contributed by atoms with Crippen molar-refractivity contribution in [2.24, 2.45) is 0 Å². The molecule has 0 radical (unpaired) electrons. The summed E-state index contributed by atoms with van der Waals surface area (Å²) in [6.07, 6.45) is 5.42. The fraction of sp³-hybridized carbons (Fsp3) is 0.250. The summed E-state index contributed by atoms with van der Waals surface area (Å²) in [6, 6.07) is 13.8. The van der Waals surface area contributed by atoms with Crippen molar-refractivity contribution in [2.75, 3.05) is 0 Å². The minimum atomic E-state index is -1.76. The summed E-state index contributed by atoms with van der Waals surface area (Å²) in [5, 5.41) is 18.8. The molecule has 11 heteroatoms. The highest BCUT2D eigenvalue weighted by molar-refractivity contribution is 7.89. The van der Waals surface area contributed by atoms with Crippen LogP contribution in [0.3, 0.4) is 0 Å². The number of unbranched alkanes of at least 4 members (excludes halogenated alkanes) is 1. The molecule has 35 heavy (non-hydrogen) atoms. The van der Waals surface area contributed by atoms with Gasteiger partial charge in [-0.25, -0.2) is 8.89 Å². The summed E-state index contributed by atoms with van der Waals surface area (Å²) in [7, 11) is -1.76. The Kier molecular flexibility index (Phi) is 8.23. The maximum absolute atomic E-state index is 13.4. The standard InChI is InChI=1S/C24H24Cl2N4O3S2/c1-2-3-9-20(23(31)32)30-24(34)27-21(35(30)33)12-15-14-29(17-7-5-4-6-8-17)28-22(15)18-11-10-16(25)13-19(18)26/h4-8,10-14,20,24,27,34H,2-3,9H2,1H3,(H,31,32)/b21-12-. The second kappa shape index (κ2) is 11.2. The number of benzene rings is 2. The van der Waals surface area contributed by atoms with E-state index in [1.165, 1.54) is 4.31 Å². The van der Waals surface area contributed by atoms with Gasteiger partial charge in [0.25, 0.3) is 0 Å². The molecule has 1 aliphatic heterocycles. The third-order valence-electron chi connectivity index (χ3n) is 5.55. The molecule has 1 aliphatic rings. The van der Waals surface area contributed by atoms with E-state index in [1.54, 1.807) is 29.0 Å². The third-order valence-corrected chi connectivity index (χ3v) is 8.09. The number of nitrogens with one attached hydrogen (secondary N) is 1. The molecule has 2 aromatic carbocycles. The largest absolute Gasteiger partial charge is 0.480 e. The molecule has 2 N–H and O–H groups in total. The number of aliphatic carboxylic acids is 1. The Morgan fingerprint density at radius 3 is 2.69 bits per heavy atom. The summed E-state index contributed by atoms with van der Waals surface area (Å²) < 4.78 is 16.5. The van der Waals surface area contributed by atoms with Crippen molar-refractivity contribution in [2.45, 2.75) is 37.7 Å². The Labute approximate surface area is 221 Å². The number of halogens is 2. The molecule has 0 aliphatic carbocycles. The van der Waals surface area contributed by atoms with E-state index in [9.17, 15) is 14.1 Å². The van der Waals surface area contributed by atoms with Gasteiger partial charge in [0.05, 0.1) is 10.7 Å². The lowest BCUT2D eigenvalue weighted by molar-refractivity contribution is -0.141. The van der Waals surface area contributed by atoms with Crippen LogP contribution in [0.5, 0.6) is 0 Å². The normalized spacial score (nSPS) is 20.2. The van der Waals surface area contributed by atoms with Crippen LogP contribution in [0.15, 0.2) is 59.8 Å². The van der Waals surface area contributed by atoms with Crippen LogP contribution in [0.2, 0.25) is 10.0 Å².